The van der Waals surface area contributed by atoms with Gasteiger partial charge in [-0.15, -0.1) is 0 Å². The first-order chi connectivity index (χ1) is 15.2. The molecular weight excluding hydrogens is 489 g/mol. The Labute approximate surface area is 192 Å². The van der Waals surface area contributed by atoms with Crippen molar-refractivity contribution in [1.29, 1.82) is 0 Å². The van der Waals surface area contributed by atoms with E-state index in [1.165, 1.54) is 31.4 Å². The Kier molecular flexibility index (Phi) is 8.12. The van der Waals surface area contributed by atoms with E-state index in [2.05, 4.69) is 5.32 Å². The van der Waals surface area contributed by atoms with Crippen LogP contribution < -0.4 is 10.6 Å². The van der Waals surface area contributed by atoms with Crippen LogP contribution in [0.5, 0.6) is 0 Å². The molecule has 0 fully saturated rings. The first kappa shape index (κ1) is 26.6. The Morgan fingerprint density at radius 2 is 1.67 bits per heavy atom. The fraction of sp³-hybridized carbons (Fsp3) is 0.300. The van der Waals surface area contributed by atoms with Crippen molar-refractivity contribution in [2.75, 3.05) is 25.6 Å². The number of alkyl halides is 3. The molecule has 180 valence electrons. The van der Waals surface area contributed by atoms with Crippen LogP contribution in [0.25, 0.3) is 0 Å². The molecule has 0 bridgehead atoms. The Morgan fingerprint density at radius 1 is 1.09 bits per heavy atom. The van der Waals surface area contributed by atoms with E-state index in [1.807, 2.05) is 5.32 Å². The molecule has 1 atom stereocenters. The van der Waals surface area contributed by atoms with Gasteiger partial charge in [0.15, 0.2) is 0 Å². The van der Waals surface area contributed by atoms with Crippen LogP contribution in [0.1, 0.15) is 17.3 Å². The van der Waals surface area contributed by atoms with Gasteiger partial charge in [-0.05, 0) is 49.4 Å². The number of amides is 2. The minimum atomic E-state index is -5.24. The topological polar surface area (TPSA) is 122 Å². The average Bonchev–Trinajstić information content (AvgIpc) is 2.74. The molecule has 2 aromatic rings. The molecule has 0 aliphatic rings. The Balaban J connectivity index is 2.23. The summed E-state index contributed by atoms with van der Waals surface area (Å²) in [6.45, 7) is 0.856. The van der Waals surface area contributed by atoms with E-state index in [0.29, 0.717) is 6.61 Å². The first-order valence-electron chi connectivity index (χ1n) is 9.24. The van der Waals surface area contributed by atoms with Gasteiger partial charge in [0.05, 0.1) is 27.1 Å². The minimum Gasteiger partial charge on any atom is -0.383 e. The summed E-state index contributed by atoms with van der Waals surface area (Å²) in [5, 5.41) is 13.5. The summed E-state index contributed by atoms with van der Waals surface area (Å²) in [6.07, 6.45) is -5.24. The molecule has 0 spiro atoms. The van der Waals surface area contributed by atoms with E-state index in [9.17, 15) is 36.3 Å². The van der Waals surface area contributed by atoms with Crippen molar-refractivity contribution < 1.29 is 41.0 Å². The predicted octanol–water partition coefficient (Wildman–Crippen LogP) is 2.80. The quantitative estimate of drug-likeness (QED) is 0.471. The SMILES string of the molecule is COCCNC(=O)c1ccc(S(=O)(=O)c2ccc(NC(=O)C(C)(O)C(F)(F)F)c(Cl)c2)cc1. The molecule has 2 amide bonds. The van der Waals surface area contributed by atoms with Crippen LogP contribution in [0.3, 0.4) is 0 Å². The van der Waals surface area contributed by atoms with Crippen LogP contribution in [-0.4, -0.2) is 57.4 Å². The number of sulfone groups is 1. The first-order valence-corrected chi connectivity index (χ1v) is 11.1. The van der Waals surface area contributed by atoms with Crippen LogP contribution >= 0.6 is 11.6 Å². The van der Waals surface area contributed by atoms with E-state index < -0.39 is 33.4 Å². The molecule has 1 unspecified atom stereocenters. The Hall–Kier alpha value is -2.67. The van der Waals surface area contributed by atoms with Crippen molar-refractivity contribution in [2.24, 2.45) is 0 Å². The van der Waals surface area contributed by atoms with Gasteiger partial charge in [0.1, 0.15) is 0 Å². The maximum absolute atomic E-state index is 12.9. The molecule has 0 aliphatic heterocycles. The number of ether oxygens (including phenoxy) is 1. The van der Waals surface area contributed by atoms with Crippen LogP contribution in [0.4, 0.5) is 18.9 Å². The third-order valence-electron chi connectivity index (χ3n) is 4.51. The van der Waals surface area contributed by atoms with Gasteiger partial charge in [-0.25, -0.2) is 8.42 Å². The smallest absolute Gasteiger partial charge is 0.383 e. The maximum Gasteiger partial charge on any atom is 0.426 e. The number of halogens is 4. The van der Waals surface area contributed by atoms with Crippen molar-refractivity contribution in [1.82, 2.24) is 5.32 Å². The minimum absolute atomic E-state index is 0.163. The number of hydrogen-bond donors (Lipinski definition) is 3. The second kappa shape index (κ2) is 10.1. The fourth-order valence-electron chi connectivity index (χ4n) is 2.43. The van der Waals surface area contributed by atoms with Crippen molar-refractivity contribution in [3.8, 4) is 0 Å². The lowest BCUT2D eigenvalue weighted by molar-refractivity contribution is -0.242. The molecule has 0 aliphatic carbocycles. The number of methoxy groups -OCH3 is 1. The van der Waals surface area contributed by atoms with Crippen LogP contribution in [0, 0.1) is 0 Å². The molecule has 0 saturated carbocycles. The van der Waals surface area contributed by atoms with E-state index >= 15 is 0 Å². The van der Waals surface area contributed by atoms with Crippen LogP contribution in [0.15, 0.2) is 52.3 Å². The number of aliphatic hydroxyl groups is 1. The van der Waals surface area contributed by atoms with Gasteiger partial charge in [0.2, 0.25) is 15.4 Å². The normalized spacial score (nSPS) is 13.8. The molecule has 33 heavy (non-hydrogen) atoms. The summed E-state index contributed by atoms with van der Waals surface area (Å²) < 4.78 is 68.9. The van der Waals surface area contributed by atoms with Gasteiger partial charge in [0, 0.05) is 19.2 Å². The second-order valence-corrected chi connectivity index (χ2v) is 9.30. The molecule has 0 saturated heterocycles. The summed E-state index contributed by atoms with van der Waals surface area (Å²) in [5.74, 6) is -2.21. The highest BCUT2D eigenvalue weighted by Gasteiger charge is 2.55. The van der Waals surface area contributed by atoms with Crippen molar-refractivity contribution >= 4 is 38.9 Å². The molecule has 0 aromatic heterocycles. The molecule has 2 rings (SSSR count). The number of nitrogens with one attached hydrogen (secondary N) is 2. The summed E-state index contributed by atoms with van der Waals surface area (Å²) in [5.41, 5.74) is -3.79. The lowest BCUT2D eigenvalue weighted by atomic mass is 10.1. The molecule has 0 radical (unpaired) electrons. The zero-order valence-electron chi connectivity index (χ0n) is 17.4. The molecule has 2 aromatic carbocycles. The highest BCUT2D eigenvalue weighted by Crippen LogP contribution is 2.33. The van der Waals surface area contributed by atoms with Gasteiger partial charge in [-0.1, -0.05) is 11.6 Å². The predicted molar refractivity (Wildman–Crippen MR) is 113 cm³/mol. The van der Waals surface area contributed by atoms with Crippen molar-refractivity contribution in [2.45, 2.75) is 28.5 Å². The lowest BCUT2D eigenvalue weighted by Gasteiger charge is -2.25. The van der Waals surface area contributed by atoms with E-state index in [-0.39, 0.29) is 39.5 Å². The third kappa shape index (κ3) is 6.02. The third-order valence-corrected chi connectivity index (χ3v) is 6.59. The standard InChI is InChI=1S/C20H20ClF3N2O6S/c1-19(29,20(22,23)24)18(28)26-16-8-7-14(11-15(16)21)33(30,31)13-5-3-12(4-6-13)17(27)25-9-10-32-2/h3-8,11,29H,9-10H2,1-2H3,(H,25,27)(H,26,28). The number of hydrogen-bond acceptors (Lipinski definition) is 6. The summed E-state index contributed by atoms with van der Waals surface area (Å²) in [4.78, 5) is 23.3. The van der Waals surface area contributed by atoms with Gasteiger partial charge in [-0.2, -0.15) is 13.2 Å². The Bertz CT molecular complexity index is 1140. The number of anilines is 1. The number of carbonyl (C=O) groups is 2. The van der Waals surface area contributed by atoms with Gasteiger partial charge < -0.3 is 20.5 Å². The molecule has 8 nitrogen and oxygen atoms in total. The second-order valence-electron chi connectivity index (χ2n) is 6.94. The lowest BCUT2D eigenvalue weighted by Crippen LogP contribution is -2.52. The number of carbonyl (C=O) groups excluding carboxylic acids is 2. The van der Waals surface area contributed by atoms with E-state index in [0.717, 1.165) is 18.2 Å². The molecular formula is C20H20ClF3N2O6S. The summed E-state index contributed by atoms with van der Waals surface area (Å²) in [6, 6.07) is 8.02. The highest BCUT2D eigenvalue weighted by atomic mass is 35.5. The summed E-state index contributed by atoms with van der Waals surface area (Å²) in [7, 11) is -2.62. The summed E-state index contributed by atoms with van der Waals surface area (Å²) >= 11 is 5.95. The number of benzene rings is 2. The van der Waals surface area contributed by atoms with E-state index in [4.69, 9.17) is 16.3 Å². The highest BCUT2D eigenvalue weighted by molar-refractivity contribution is 7.91. The zero-order chi connectivity index (χ0) is 25.0. The number of rotatable bonds is 8. The fourth-order valence-corrected chi connectivity index (χ4v) is 4.01. The van der Waals surface area contributed by atoms with E-state index in [1.54, 1.807) is 0 Å². The maximum atomic E-state index is 12.9. The van der Waals surface area contributed by atoms with Gasteiger partial charge in [-0.3, -0.25) is 9.59 Å². The zero-order valence-corrected chi connectivity index (χ0v) is 18.9. The monoisotopic (exact) mass is 508 g/mol. The van der Waals surface area contributed by atoms with Gasteiger partial charge in [0.25, 0.3) is 11.8 Å². The Morgan fingerprint density at radius 3 is 2.18 bits per heavy atom. The van der Waals surface area contributed by atoms with Crippen molar-refractivity contribution in [3.05, 3.63) is 53.1 Å². The van der Waals surface area contributed by atoms with Crippen molar-refractivity contribution in [3.63, 3.8) is 0 Å². The molecule has 3 N–H and O–H groups in total. The molecule has 0 heterocycles. The molecule has 13 heteroatoms. The largest absolute Gasteiger partial charge is 0.426 e. The van der Waals surface area contributed by atoms with Crippen LogP contribution in [0.2, 0.25) is 5.02 Å². The van der Waals surface area contributed by atoms with Crippen LogP contribution in [-0.2, 0) is 19.4 Å². The van der Waals surface area contributed by atoms with Gasteiger partial charge >= 0.3 is 6.18 Å². The average molecular weight is 509 g/mol.